The first-order chi connectivity index (χ1) is 7.97. The van der Waals surface area contributed by atoms with Crippen LogP contribution in [-0.2, 0) is 11.3 Å². The number of hydrogen-bond donors (Lipinski definition) is 2. The van der Waals surface area contributed by atoms with Gasteiger partial charge in [-0.25, -0.2) is 0 Å². The first-order valence-electron chi connectivity index (χ1n) is 5.42. The van der Waals surface area contributed by atoms with Crippen LogP contribution >= 0.6 is 0 Å². The number of pyridine rings is 1. The van der Waals surface area contributed by atoms with Crippen LogP contribution in [0, 0.1) is 13.8 Å². The summed E-state index contributed by atoms with van der Waals surface area (Å²) in [4.78, 5) is 15.0. The highest BCUT2D eigenvalue weighted by Crippen LogP contribution is 2.23. The van der Waals surface area contributed by atoms with Gasteiger partial charge in [0, 0.05) is 23.9 Å². The zero-order valence-corrected chi connectivity index (χ0v) is 10.6. The number of aromatic nitrogens is 1. The molecule has 0 bridgehead atoms. The molecule has 0 fully saturated rings. The number of methoxy groups -OCH3 is 1. The van der Waals surface area contributed by atoms with Crippen molar-refractivity contribution in [1.82, 2.24) is 10.3 Å². The highest BCUT2D eigenvalue weighted by molar-refractivity contribution is 5.72. The third kappa shape index (κ3) is 3.17. The van der Waals surface area contributed by atoms with Crippen LogP contribution in [0.2, 0.25) is 0 Å². The van der Waals surface area contributed by atoms with Crippen molar-refractivity contribution in [3.05, 3.63) is 23.0 Å². The predicted octanol–water partition coefficient (Wildman–Crippen LogP) is 1.27. The van der Waals surface area contributed by atoms with Crippen LogP contribution in [0.4, 0.5) is 0 Å². The van der Waals surface area contributed by atoms with E-state index in [9.17, 15) is 4.79 Å². The summed E-state index contributed by atoms with van der Waals surface area (Å²) in [5, 5.41) is 11.7. The third-order valence-corrected chi connectivity index (χ3v) is 2.70. The number of aryl methyl sites for hydroxylation is 1. The molecule has 17 heavy (non-hydrogen) atoms. The molecule has 1 aromatic heterocycles. The summed E-state index contributed by atoms with van der Waals surface area (Å²) in [6, 6.07) is -0.594. The molecule has 1 unspecified atom stereocenters. The Morgan fingerprint density at radius 1 is 1.59 bits per heavy atom. The monoisotopic (exact) mass is 238 g/mol. The largest absolute Gasteiger partial charge is 0.496 e. The number of ether oxygens (including phenoxy) is 1. The van der Waals surface area contributed by atoms with Gasteiger partial charge in [0.05, 0.1) is 12.8 Å². The van der Waals surface area contributed by atoms with Crippen LogP contribution in [-0.4, -0.2) is 29.2 Å². The minimum Gasteiger partial charge on any atom is -0.496 e. The van der Waals surface area contributed by atoms with Gasteiger partial charge in [0.25, 0.3) is 0 Å². The standard InChI is InChI=1S/C12H18N2O3/c1-7-5-14-10(8(2)11(7)17-4)6-13-9(3)12(15)16/h5,9,13H,6H2,1-4H3,(H,15,16). The van der Waals surface area contributed by atoms with Gasteiger partial charge in [-0.05, 0) is 20.8 Å². The Bertz CT molecular complexity index is 418. The highest BCUT2D eigenvalue weighted by atomic mass is 16.5. The van der Waals surface area contributed by atoms with E-state index in [2.05, 4.69) is 10.3 Å². The van der Waals surface area contributed by atoms with Gasteiger partial charge in [0.1, 0.15) is 11.8 Å². The smallest absolute Gasteiger partial charge is 0.320 e. The van der Waals surface area contributed by atoms with E-state index in [0.717, 1.165) is 22.6 Å². The molecule has 1 rings (SSSR count). The Morgan fingerprint density at radius 2 is 2.24 bits per heavy atom. The van der Waals surface area contributed by atoms with E-state index >= 15 is 0 Å². The molecule has 0 spiro atoms. The van der Waals surface area contributed by atoms with Crippen molar-refractivity contribution in [2.24, 2.45) is 0 Å². The Balaban J connectivity index is 2.82. The summed E-state index contributed by atoms with van der Waals surface area (Å²) in [5.41, 5.74) is 2.72. The van der Waals surface area contributed by atoms with Gasteiger partial charge in [-0.15, -0.1) is 0 Å². The molecule has 5 nitrogen and oxygen atoms in total. The first kappa shape index (κ1) is 13.4. The molecule has 0 aliphatic carbocycles. The molecule has 0 aliphatic rings. The number of nitrogens with one attached hydrogen (secondary N) is 1. The van der Waals surface area contributed by atoms with E-state index in [1.54, 1.807) is 20.2 Å². The number of rotatable bonds is 5. The second-order valence-corrected chi connectivity index (χ2v) is 3.99. The zero-order chi connectivity index (χ0) is 13.0. The summed E-state index contributed by atoms with van der Waals surface area (Å²) in [5.74, 6) is -0.0680. The number of carboxylic acids is 1. The molecular weight excluding hydrogens is 220 g/mol. The van der Waals surface area contributed by atoms with Crippen molar-refractivity contribution in [2.45, 2.75) is 33.4 Å². The summed E-state index contributed by atoms with van der Waals surface area (Å²) < 4.78 is 5.29. The second kappa shape index (κ2) is 5.63. The molecule has 1 heterocycles. The molecule has 0 amide bonds. The van der Waals surface area contributed by atoms with Crippen molar-refractivity contribution in [3.63, 3.8) is 0 Å². The van der Waals surface area contributed by atoms with E-state index in [4.69, 9.17) is 9.84 Å². The van der Waals surface area contributed by atoms with Gasteiger partial charge in [0.2, 0.25) is 0 Å². The Labute approximate surface area is 101 Å². The average molecular weight is 238 g/mol. The van der Waals surface area contributed by atoms with E-state index in [0.29, 0.717) is 6.54 Å². The maximum absolute atomic E-state index is 10.7. The molecule has 5 heteroatoms. The third-order valence-electron chi connectivity index (χ3n) is 2.70. The van der Waals surface area contributed by atoms with Gasteiger partial charge in [-0.1, -0.05) is 0 Å². The van der Waals surface area contributed by atoms with Crippen LogP contribution in [0.5, 0.6) is 5.75 Å². The summed E-state index contributed by atoms with van der Waals surface area (Å²) in [6.45, 7) is 5.86. The van der Waals surface area contributed by atoms with Crippen LogP contribution in [0.1, 0.15) is 23.7 Å². The van der Waals surface area contributed by atoms with Crippen LogP contribution in [0.25, 0.3) is 0 Å². The van der Waals surface area contributed by atoms with Crippen LogP contribution in [0.3, 0.4) is 0 Å². The van der Waals surface area contributed by atoms with E-state index in [1.807, 2.05) is 13.8 Å². The maximum atomic E-state index is 10.7. The van der Waals surface area contributed by atoms with Crippen LogP contribution < -0.4 is 10.1 Å². The average Bonchev–Trinajstić information content (AvgIpc) is 2.28. The fourth-order valence-corrected chi connectivity index (χ4v) is 1.59. The predicted molar refractivity (Wildman–Crippen MR) is 64.2 cm³/mol. The fourth-order valence-electron chi connectivity index (χ4n) is 1.59. The Hall–Kier alpha value is -1.62. The van der Waals surface area contributed by atoms with Gasteiger partial charge in [-0.2, -0.15) is 0 Å². The summed E-state index contributed by atoms with van der Waals surface area (Å²) in [7, 11) is 1.62. The summed E-state index contributed by atoms with van der Waals surface area (Å²) in [6.07, 6.45) is 1.73. The summed E-state index contributed by atoms with van der Waals surface area (Å²) >= 11 is 0. The van der Waals surface area contributed by atoms with Gasteiger partial charge < -0.3 is 9.84 Å². The fraction of sp³-hybridized carbons (Fsp3) is 0.500. The Kier molecular flexibility index (Phi) is 4.45. The van der Waals surface area contributed by atoms with Crippen molar-refractivity contribution >= 4 is 5.97 Å². The molecule has 0 saturated heterocycles. The molecule has 0 aliphatic heterocycles. The normalized spacial score (nSPS) is 12.2. The maximum Gasteiger partial charge on any atom is 0.320 e. The number of carbonyl (C=O) groups is 1. The van der Waals surface area contributed by atoms with E-state index < -0.39 is 12.0 Å². The minimum atomic E-state index is -0.873. The second-order valence-electron chi connectivity index (χ2n) is 3.99. The lowest BCUT2D eigenvalue weighted by Crippen LogP contribution is -2.33. The topological polar surface area (TPSA) is 71.5 Å². The Morgan fingerprint density at radius 3 is 2.76 bits per heavy atom. The van der Waals surface area contributed by atoms with Crippen molar-refractivity contribution in [1.29, 1.82) is 0 Å². The quantitative estimate of drug-likeness (QED) is 0.808. The van der Waals surface area contributed by atoms with E-state index in [1.165, 1.54) is 0 Å². The van der Waals surface area contributed by atoms with Gasteiger partial charge in [0.15, 0.2) is 0 Å². The number of hydrogen-bond acceptors (Lipinski definition) is 4. The number of aliphatic carboxylic acids is 1. The highest BCUT2D eigenvalue weighted by Gasteiger charge is 2.13. The lowest BCUT2D eigenvalue weighted by Gasteiger charge is -2.14. The molecule has 1 aromatic rings. The SMILES string of the molecule is COc1c(C)cnc(CNC(C)C(=O)O)c1C. The van der Waals surface area contributed by atoms with Crippen LogP contribution in [0.15, 0.2) is 6.20 Å². The molecular formula is C12H18N2O3. The molecule has 2 N–H and O–H groups in total. The lowest BCUT2D eigenvalue weighted by molar-refractivity contribution is -0.139. The van der Waals surface area contributed by atoms with Gasteiger partial charge >= 0.3 is 5.97 Å². The molecule has 0 saturated carbocycles. The van der Waals surface area contributed by atoms with Gasteiger partial charge in [-0.3, -0.25) is 15.1 Å². The lowest BCUT2D eigenvalue weighted by atomic mass is 10.1. The van der Waals surface area contributed by atoms with Crippen molar-refractivity contribution < 1.29 is 14.6 Å². The number of nitrogens with zero attached hydrogens (tertiary/aromatic N) is 1. The van der Waals surface area contributed by atoms with Crippen molar-refractivity contribution in [3.8, 4) is 5.75 Å². The minimum absolute atomic E-state index is 0.413. The number of carboxylic acid groups (broad SMARTS) is 1. The van der Waals surface area contributed by atoms with E-state index in [-0.39, 0.29) is 0 Å². The molecule has 94 valence electrons. The zero-order valence-electron chi connectivity index (χ0n) is 10.6. The first-order valence-corrected chi connectivity index (χ1v) is 5.42. The molecule has 1 atom stereocenters. The molecule has 0 radical (unpaired) electrons. The van der Waals surface area contributed by atoms with Crippen molar-refractivity contribution in [2.75, 3.05) is 7.11 Å². The molecule has 0 aromatic carbocycles.